The van der Waals surface area contributed by atoms with E-state index in [-0.39, 0.29) is 6.61 Å². The summed E-state index contributed by atoms with van der Waals surface area (Å²) in [5.41, 5.74) is 0.434. The van der Waals surface area contributed by atoms with Gasteiger partial charge in [-0.2, -0.15) is 0 Å². The van der Waals surface area contributed by atoms with Gasteiger partial charge in [-0.05, 0) is 34.1 Å². The number of hydrogen-bond acceptors (Lipinski definition) is 6. The summed E-state index contributed by atoms with van der Waals surface area (Å²) < 4.78 is 18.4. The maximum Gasteiger partial charge on any atom is 0.338 e. The van der Waals surface area contributed by atoms with Crippen molar-refractivity contribution in [2.45, 2.75) is 13.0 Å². The van der Waals surface area contributed by atoms with Gasteiger partial charge in [-0.1, -0.05) is 0 Å². The van der Waals surface area contributed by atoms with Crippen LogP contribution in [0.15, 0.2) is 29.3 Å². The molecule has 7 nitrogen and oxygen atoms in total. The Balaban J connectivity index is 1.59. The highest BCUT2D eigenvalue weighted by Gasteiger charge is 2.15. The average molecular weight is 368 g/mol. The fraction of sp³-hybridized carbons (Fsp3) is 0.357. The van der Waals surface area contributed by atoms with E-state index in [0.29, 0.717) is 41.6 Å². The summed E-state index contributed by atoms with van der Waals surface area (Å²) in [5.74, 6) is 0.823. The Labute approximate surface area is 135 Å². The van der Waals surface area contributed by atoms with Crippen molar-refractivity contribution < 1.29 is 19.0 Å². The molecule has 0 spiro atoms. The Morgan fingerprint density at radius 1 is 1.32 bits per heavy atom. The number of hydrogen-bond donors (Lipinski definition) is 0. The molecule has 0 saturated carbocycles. The second-order valence-corrected chi connectivity index (χ2v) is 5.33. The third kappa shape index (κ3) is 3.56. The van der Waals surface area contributed by atoms with Crippen molar-refractivity contribution in [3.05, 3.63) is 34.8 Å². The summed E-state index contributed by atoms with van der Waals surface area (Å²) in [4.78, 5) is 16.0. The van der Waals surface area contributed by atoms with Crippen LogP contribution in [0, 0.1) is 0 Å². The first kappa shape index (κ1) is 14.8. The number of carbonyl (C=O) groups is 1. The highest BCUT2D eigenvalue weighted by molar-refractivity contribution is 9.10. The minimum absolute atomic E-state index is 0.211. The second-order valence-electron chi connectivity index (χ2n) is 4.62. The number of ether oxygens (including phenoxy) is 3. The number of nitrogens with zero attached hydrogens (tertiary/aromatic N) is 3. The van der Waals surface area contributed by atoms with Gasteiger partial charge in [0, 0.05) is 6.42 Å². The van der Waals surface area contributed by atoms with Gasteiger partial charge in [-0.3, -0.25) is 0 Å². The lowest BCUT2D eigenvalue weighted by Crippen LogP contribution is -2.12. The number of esters is 1. The van der Waals surface area contributed by atoms with E-state index in [1.807, 2.05) is 0 Å². The maximum atomic E-state index is 12.0. The molecule has 8 heteroatoms. The van der Waals surface area contributed by atoms with Crippen molar-refractivity contribution in [1.29, 1.82) is 0 Å². The third-order valence-corrected chi connectivity index (χ3v) is 3.41. The molecule has 0 unspecified atom stereocenters. The number of fused-ring (bicyclic) bond motifs is 1. The van der Waals surface area contributed by atoms with Crippen LogP contribution in [-0.4, -0.2) is 40.6 Å². The van der Waals surface area contributed by atoms with Crippen molar-refractivity contribution >= 4 is 21.9 Å². The van der Waals surface area contributed by atoms with Gasteiger partial charge in [0.2, 0.25) is 4.73 Å². The first-order chi connectivity index (χ1) is 10.7. The number of halogens is 1. The molecule has 116 valence electrons. The molecule has 1 aromatic carbocycles. The molecule has 0 amide bonds. The zero-order valence-electron chi connectivity index (χ0n) is 11.7. The van der Waals surface area contributed by atoms with Crippen molar-refractivity contribution in [2.75, 3.05) is 19.8 Å². The minimum Gasteiger partial charge on any atom is -0.490 e. The number of carbonyl (C=O) groups excluding carboxylic acids is 1. The molecule has 0 saturated heterocycles. The molecule has 0 aliphatic carbocycles. The van der Waals surface area contributed by atoms with Gasteiger partial charge in [-0.15, -0.1) is 5.10 Å². The largest absolute Gasteiger partial charge is 0.490 e. The smallest absolute Gasteiger partial charge is 0.338 e. The first-order valence-electron chi connectivity index (χ1n) is 6.84. The van der Waals surface area contributed by atoms with Crippen LogP contribution in [0.1, 0.15) is 16.8 Å². The second kappa shape index (κ2) is 6.78. The van der Waals surface area contributed by atoms with Crippen LogP contribution < -0.4 is 9.47 Å². The summed E-state index contributed by atoms with van der Waals surface area (Å²) in [6.07, 6.45) is 2.38. The van der Waals surface area contributed by atoms with Gasteiger partial charge in [-0.25, -0.2) is 14.5 Å². The molecular weight excluding hydrogens is 354 g/mol. The third-order valence-electron chi connectivity index (χ3n) is 3.05. The van der Waals surface area contributed by atoms with E-state index < -0.39 is 5.97 Å². The predicted octanol–water partition coefficient (Wildman–Crippen LogP) is 2.06. The van der Waals surface area contributed by atoms with E-state index in [1.54, 1.807) is 29.2 Å². The topological polar surface area (TPSA) is 75.5 Å². The molecule has 0 fully saturated rings. The molecule has 1 aromatic heterocycles. The van der Waals surface area contributed by atoms with Crippen LogP contribution in [0.5, 0.6) is 11.5 Å². The lowest BCUT2D eigenvalue weighted by molar-refractivity contribution is 0.0487. The molecular formula is C14H14BrN3O4. The van der Waals surface area contributed by atoms with Crippen molar-refractivity contribution in [2.24, 2.45) is 0 Å². The summed E-state index contributed by atoms with van der Waals surface area (Å²) >= 11 is 3.15. The standard InChI is InChI=1S/C14H14BrN3O4/c15-14-16-9-18(17-14)4-7-22-13(19)10-2-3-11-12(8-10)21-6-1-5-20-11/h2-3,8-9H,1,4-7H2. The van der Waals surface area contributed by atoms with E-state index >= 15 is 0 Å². The van der Waals surface area contributed by atoms with Crippen molar-refractivity contribution in [1.82, 2.24) is 14.8 Å². The van der Waals surface area contributed by atoms with Gasteiger partial charge in [0.05, 0.1) is 25.3 Å². The Bertz CT molecular complexity index is 674. The Morgan fingerprint density at radius 2 is 2.14 bits per heavy atom. The molecule has 3 rings (SSSR count). The quantitative estimate of drug-likeness (QED) is 0.769. The normalized spacial score (nSPS) is 13.5. The van der Waals surface area contributed by atoms with E-state index in [9.17, 15) is 4.79 Å². The lowest BCUT2D eigenvalue weighted by atomic mass is 10.2. The molecule has 2 aromatic rings. The molecule has 0 atom stereocenters. The maximum absolute atomic E-state index is 12.0. The highest BCUT2D eigenvalue weighted by Crippen LogP contribution is 2.30. The predicted molar refractivity (Wildman–Crippen MR) is 80.1 cm³/mol. The monoisotopic (exact) mass is 367 g/mol. The SMILES string of the molecule is O=C(OCCn1cnc(Br)n1)c1ccc2c(c1)OCCCO2. The van der Waals surface area contributed by atoms with E-state index in [0.717, 1.165) is 6.42 Å². The average Bonchev–Trinajstić information content (AvgIpc) is 2.80. The van der Waals surface area contributed by atoms with Crippen LogP contribution in [0.2, 0.25) is 0 Å². The fourth-order valence-corrected chi connectivity index (χ4v) is 2.28. The highest BCUT2D eigenvalue weighted by atomic mass is 79.9. The van der Waals surface area contributed by atoms with Crippen LogP contribution in [0.3, 0.4) is 0 Å². The van der Waals surface area contributed by atoms with Crippen LogP contribution in [0.4, 0.5) is 0 Å². The van der Waals surface area contributed by atoms with Crippen LogP contribution >= 0.6 is 15.9 Å². The van der Waals surface area contributed by atoms with E-state index in [4.69, 9.17) is 14.2 Å². The Hall–Kier alpha value is -2.09. The molecule has 0 radical (unpaired) electrons. The van der Waals surface area contributed by atoms with Gasteiger partial charge < -0.3 is 14.2 Å². The van der Waals surface area contributed by atoms with Gasteiger partial charge in [0.1, 0.15) is 12.9 Å². The summed E-state index contributed by atoms with van der Waals surface area (Å²) in [6.45, 7) is 1.84. The molecule has 22 heavy (non-hydrogen) atoms. The Kier molecular flexibility index (Phi) is 4.57. The fourth-order valence-electron chi connectivity index (χ4n) is 1.99. The number of aromatic nitrogens is 3. The molecule has 1 aliphatic heterocycles. The Morgan fingerprint density at radius 3 is 2.91 bits per heavy atom. The summed E-state index contributed by atoms with van der Waals surface area (Å²) in [7, 11) is 0. The molecule has 0 N–H and O–H groups in total. The number of benzene rings is 1. The first-order valence-corrected chi connectivity index (χ1v) is 7.63. The lowest BCUT2D eigenvalue weighted by Gasteiger charge is -2.09. The van der Waals surface area contributed by atoms with Crippen LogP contribution in [-0.2, 0) is 11.3 Å². The van der Waals surface area contributed by atoms with Gasteiger partial charge >= 0.3 is 5.97 Å². The zero-order chi connectivity index (χ0) is 15.4. The van der Waals surface area contributed by atoms with Gasteiger partial charge in [0.15, 0.2) is 11.5 Å². The van der Waals surface area contributed by atoms with E-state index in [1.165, 1.54) is 0 Å². The van der Waals surface area contributed by atoms with E-state index in [2.05, 4.69) is 26.0 Å². The van der Waals surface area contributed by atoms with Gasteiger partial charge in [0.25, 0.3) is 0 Å². The minimum atomic E-state index is -0.408. The zero-order valence-corrected chi connectivity index (χ0v) is 13.3. The van der Waals surface area contributed by atoms with Crippen molar-refractivity contribution in [3.8, 4) is 11.5 Å². The van der Waals surface area contributed by atoms with Crippen LogP contribution in [0.25, 0.3) is 0 Å². The summed E-state index contributed by atoms with van der Waals surface area (Å²) in [6, 6.07) is 5.04. The van der Waals surface area contributed by atoms with Crippen molar-refractivity contribution in [3.63, 3.8) is 0 Å². The summed E-state index contributed by atoms with van der Waals surface area (Å²) in [5, 5.41) is 4.04. The molecule has 1 aliphatic rings. The number of rotatable bonds is 4. The molecule has 0 bridgehead atoms. The molecule has 2 heterocycles.